The lowest BCUT2D eigenvalue weighted by molar-refractivity contribution is -0.142. The Morgan fingerprint density at radius 2 is 1.70 bits per heavy atom. The number of hydrogen-bond acceptors (Lipinski definition) is 7. The smallest absolute Gasteiger partial charge is 0.369 e. The van der Waals surface area contributed by atoms with Crippen LogP contribution in [0.3, 0.4) is 0 Å². The molecule has 11 heteroatoms. The molecule has 212 valence electrons. The molecule has 2 aromatic carbocycles. The van der Waals surface area contributed by atoms with Crippen molar-refractivity contribution in [3.8, 4) is 0 Å². The lowest BCUT2D eigenvalue weighted by Crippen LogP contribution is -2.44. The Labute approximate surface area is 232 Å². The van der Waals surface area contributed by atoms with Crippen molar-refractivity contribution in [1.82, 2.24) is 14.9 Å². The van der Waals surface area contributed by atoms with Gasteiger partial charge in [-0.25, -0.2) is 9.97 Å². The summed E-state index contributed by atoms with van der Waals surface area (Å²) in [6.45, 7) is 7.46. The van der Waals surface area contributed by atoms with Gasteiger partial charge in [-0.3, -0.25) is 4.79 Å². The average Bonchev–Trinajstić information content (AvgIpc) is 2.93. The maximum absolute atomic E-state index is 12.5. The SMILES string of the molecule is Cc1ccc(NC(=O)CCC(F)(F)F)cc1N1CCc2nc(Nc3ccc(N4CCN(C)CC4)cc3)ncc2C1. The second kappa shape index (κ2) is 11.7. The summed E-state index contributed by atoms with van der Waals surface area (Å²) in [5.41, 5.74) is 6.55. The van der Waals surface area contributed by atoms with E-state index in [1.54, 1.807) is 6.07 Å². The van der Waals surface area contributed by atoms with Gasteiger partial charge in [-0.1, -0.05) is 6.07 Å². The van der Waals surface area contributed by atoms with Gasteiger partial charge in [0, 0.05) is 86.6 Å². The molecule has 0 aliphatic carbocycles. The van der Waals surface area contributed by atoms with Crippen LogP contribution >= 0.6 is 0 Å². The van der Waals surface area contributed by atoms with Crippen LogP contribution in [-0.4, -0.2) is 66.7 Å². The van der Waals surface area contributed by atoms with Crippen molar-refractivity contribution in [3.05, 3.63) is 65.5 Å². The van der Waals surface area contributed by atoms with Crippen molar-refractivity contribution in [1.29, 1.82) is 0 Å². The van der Waals surface area contributed by atoms with Gasteiger partial charge in [-0.15, -0.1) is 0 Å². The highest BCUT2D eigenvalue weighted by atomic mass is 19.4. The number of benzene rings is 2. The third-order valence-electron chi connectivity index (χ3n) is 7.39. The number of amides is 1. The highest BCUT2D eigenvalue weighted by Gasteiger charge is 2.28. The molecule has 1 fully saturated rings. The van der Waals surface area contributed by atoms with E-state index >= 15 is 0 Å². The summed E-state index contributed by atoms with van der Waals surface area (Å²) in [6, 6.07) is 13.7. The van der Waals surface area contributed by atoms with Gasteiger partial charge in [0.05, 0.1) is 12.1 Å². The fourth-order valence-corrected chi connectivity index (χ4v) is 5.04. The van der Waals surface area contributed by atoms with Crippen LogP contribution in [-0.2, 0) is 17.8 Å². The molecule has 2 aliphatic heterocycles. The van der Waals surface area contributed by atoms with Crippen molar-refractivity contribution in [2.24, 2.45) is 0 Å². The predicted molar refractivity (Wildman–Crippen MR) is 151 cm³/mol. The van der Waals surface area contributed by atoms with Crippen molar-refractivity contribution in [2.75, 3.05) is 60.2 Å². The predicted octanol–water partition coefficient (Wildman–Crippen LogP) is 5.12. The number of alkyl halides is 3. The molecule has 8 nitrogen and oxygen atoms in total. The largest absolute Gasteiger partial charge is 0.389 e. The van der Waals surface area contributed by atoms with Crippen LogP contribution in [0.5, 0.6) is 0 Å². The Kier molecular flexibility index (Phi) is 8.11. The second-order valence-electron chi connectivity index (χ2n) is 10.5. The molecule has 1 amide bonds. The van der Waals surface area contributed by atoms with Gasteiger partial charge in [0.25, 0.3) is 0 Å². The molecular formula is C29H34F3N7O. The first-order valence-electron chi connectivity index (χ1n) is 13.5. The summed E-state index contributed by atoms with van der Waals surface area (Å²) < 4.78 is 37.4. The Bertz CT molecular complexity index is 1340. The zero-order valence-corrected chi connectivity index (χ0v) is 22.8. The molecule has 0 atom stereocenters. The fraction of sp³-hybridized carbons (Fsp3) is 0.414. The van der Waals surface area contributed by atoms with Gasteiger partial charge < -0.3 is 25.3 Å². The van der Waals surface area contributed by atoms with E-state index in [9.17, 15) is 18.0 Å². The summed E-state index contributed by atoms with van der Waals surface area (Å²) in [7, 11) is 2.15. The Balaban J connectivity index is 1.21. The number of anilines is 5. The molecule has 0 bridgehead atoms. The van der Waals surface area contributed by atoms with Crippen LogP contribution in [0.1, 0.15) is 29.7 Å². The average molecular weight is 554 g/mol. The molecule has 5 rings (SSSR count). The van der Waals surface area contributed by atoms with E-state index in [1.165, 1.54) is 5.69 Å². The maximum Gasteiger partial charge on any atom is 0.389 e. The van der Waals surface area contributed by atoms with E-state index in [0.29, 0.717) is 18.2 Å². The number of aromatic nitrogens is 2. The number of nitrogens with zero attached hydrogens (tertiary/aromatic N) is 5. The van der Waals surface area contributed by atoms with Crippen molar-refractivity contribution >= 4 is 34.6 Å². The molecule has 2 N–H and O–H groups in total. The Morgan fingerprint density at radius 1 is 0.975 bits per heavy atom. The number of piperazine rings is 1. The van der Waals surface area contributed by atoms with Gasteiger partial charge in [0.1, 0.15) is 0 Å². The molecule has 0 spiro atoms. The standard InChI is InChI=1S/C29H34F3N7O/c1-20-3-4-23(34-27(40)9-11-29(30,31)32)17-26(20)39-12-10-25-21(19-39)18-33-28(36-25)35-22-5-7-24(8-6-22)38-15-13-37(2)14-16-38/h3-8,17-18H,9-16,19H2,1-2H3,(H,34,40)(H,33,35,36). The maximum atomic E-state index is 12.5. The Morgan fingerprint density at radius 3 is 2.42 bits per heavy atom. The summed E-state index contributed by atoms with van der Waals surface area (Å²) in [4.78, 5) is 28.2. The zero-order chi connectivity index (χ0) is 28.3. The molecule has 0 unspecified atom stereocenters. The molecule has 3 heterocycles. The zero-order valence-electron chi connectivity index (χ0n) is 22.8. The van der Waals surface area contributed by atoms with E-state index < -0.39 is 24.9 Å². The van der Waals surface area contributed by atoms with Crippen LogP contribution in [0.25, 0.3) is 0 Å². The first kappa shape index (κ1) is 27.7. The van der Waals surface area contributed by atoms with E-state index in [4.69, 9.17) is 4.98 Å². The van der Waals surface area contributed by atoms with Gasteiger partial charge in [-0.05, 0) is 55.9 Å². The highest BCUT2D eigenvalue weighted by molar-refractivity contribution is 5.91. The van der Waals surface area contributed by atoms with Gasteiger partial charge in [-0.2, -0.15) is 13.2 Å². The molecule has 0 saturated carbocycles. The third kappa shape index (κ3) is 7.01. The van der Waals surface area contributed by atoms with Gasteiger partial charge in [0.15, 0.2) is 0 Å². The molecule has 3 aromatic rings. The van der Waals surface area contributed by atoms with Gasteiger partial charge in [0.2, 0.25) is 11.9 Å². The number of carbonyl (C=O) groups is 1. The molecule has 2 aliphatic rings. The van der Waals surface area contributed by atoms with E-state index in [-0.39, 0.29) is 0 Å². The summed E-state index contributed by atoms with van der Waals surface area (Å²) in [5, 5.41) is 5.91. The van der Waals surface area contributed by atoms with Crippen molar-refractivity contribution in [3.63, 3.8) is 0 Å². The first-order chi connectivity index (χ1) is 19.1. The summed E-state index contributed by atoms with van der Waals surface area (Å²) >= 11 is 0. The fourth-order valence-electron chi connectivity index (χ4n) is 5.04. The van der Waals surface area contributed by atoms with Gasteiger partial charge >= 0.3 is 6.18 Å². The number of fused-ring (bicyclic) bond motifs is 1. The van der Waals surface area contributed by atoms with Crippen LogP contribution in [0.4, 0.5) is 41.9 Å². The molecule has 0 radical (unpaired) electrons. The lowest BCUT2D eigenvalue weighted by atomic mass is 10.0. The number of rotatable bonds is 7. The van der Waals surface area contributed by atoms with Crippen LogP contribution in [0, 0.1) is 6.92 Å². The second-order valence-corrected chi connectivity index (χ2v) is 10.5. The van der Waals surface area contributed by atoms with E-state index in [1.807, 2.05) is 25.3 Å². The minimum atomic E-state index is -4.36. The minimum Gasteiger partial charge on any atom is -0.369 e. The van der Waals surface area contributed by atoms with Crippen LogP contribution in [0.15, 0.2) is 48.7 Å². The lowest BCUT2D eigenvalue weighted by Gasteiger charge is -2.34. The summed E-state index contributed by atoms with van der Waals surface area (Å²) in [5.74, 6) is -0.0992. The number of halogens is 3. The topological polar surface area (TPSA) is 76.6 Å². The third-order valence-corrected chi connectivity index (χ3v) is 7.39. The van der Waals surface area contributed by atoms with Crippen molar-refractivity contribution in [2.45, 2.75) is 38.9 Å². The number of likely N-dealkylation sites (N-methyl/N-ethyl adjacent to an activating group) is 1. The molecular weight excluding hydrogens is 519 g/mol. The minimum absolute atomic E-state index is 0.480. The van der Waals surface area contributed by atoms with E-state index in [2.05, 4.69) is 61.6 Å². The normalized spacial score (nSPS) is 16.0. The highest BCUT2D eigenvalue weighted by Crippen LogP contribution is 2.30. The number of aryl methyl sites for hydroxylation is 1. The van der Waals surface area contributed by atoms with Crippen LogP contribution < -0.4 is 20.4 Å². The number of carbonyl (C=O) groups excluding carboxylic acids is 1. The van der Waals surface area contributed by atoms with Crippen LogP contribution in [0.2, 0.25) is 0 Å². The molecule has 1 aromatic heterocycles. The molecule has 40 heavy (non-hydrogen) atoms. The monoisotopic (exact) mass is 553 g/mol. The number of hydrogen-bond donors (Lipinski definition) is 2. The first-order valence-corrected chi connectivity index (χ1v) is 13.5. The Hall–Kier alpha value is -3.86. The number of nitrogens with one attached hydrogen (secondary N) is 2. The van der Waals surface area contributed by atoms with Crippen molar-refractivity contribution < 1.29 is 18.0 Å². The molecule has 1 saturated heterocycles. The quantitative estimate of drug-likeness (QED) is 0.421. The van der Waals surface area contributed by atoms with E-state index in [0.717, 1.165) is 67.3 Å². The summed E-state index contributed by atoms with van der Waals surface area (Å²) in [6.07, 6.45) is -3.54.